The molecule has 0 radical (unpaired) electrons. The molecule has 1 amide bonds. The Kier molecular flexibility index (Phi) is 4.44. The van der Waals surface area contributed by atoms with Gasteiger partial charge in [-0.05, 0) is 18.9 Å². The number of carbonyl (C=O) groups is 2. The molecule has 5 nitrogen and oxygen atoms in total. The minimum Gasteiger partial charge on any atom is -0.479 e. The second kappa shape index (κ2) is 5.64. The van der Waals surface area contributed by atoms with Crippen LogP contribution in [0.1, 0.15) is 25.8 Å². The maximum absolute atomic E-state index is 11.8. The van der Waals surface area contributed by atoms with Gasteiger partial charge in [0.1, 0.15) is 0 Å². The number of hydrogen-bond donors (Lipinski definition) is 3. The van der Waals surface area contributed by atoms with Crippen LogP contribution in [0.4, 0.5) is 0 Å². The third-order valence-corrected chi connectivity index (χ3v) is 2.93. The van der Waals surface area contributed by atoms with E-state index < -0.39 is 23.5 Å². The molecular formula is C13H18N2O3. The largest absolute Gasteiger partial charge is 0.479 e. The maximum atomic E-state index is 11.8. The van der Waals surface area contributed by atoms with E-state index in [0.717, 1.165) is 0 Å². The molecule has 1 unspecified atom stereocenters. The molecule has 0 saturated carbocycles. The van der Waals surface area contributed by atoms with Gasteiger partial charge < -0.3 is 16.2 Å². The van der Waals surface area contributed by atoms with Crippen LogP contribution in [0.25, 0.3) is 0 Å². The number of carboxylic acids is 1. The van der Waals surface area contributed by atoms with Gasteiger partial charge in [0.15, 0.2) is 5.54 Å². The minimum atomic E-state index is -1.47. The third kappa shape index (κ3) is 2.87. The van der Waals surface area contributed by atoms with Crippen molar-refractivity contribution in [3.63, 3.8) is 0 Å². The van der Waals surface area contributed by atoms with Gasteiger partial charge in [-0.25, -0.2) is 4.79 Å². The highest BCUT2D eigenvalue weighted by Crippen LogP contribution is 2.21. The van der Waals surface area contributed by atoms with Crippen LogP contribution >= 0.6 is 0 Å². The van der Waals surface area contributed by atoms with Crippen LogP contribution in [0.15, 0.2) is 30.3 Å². The third-order valence-electron chi connectivity index (χ3n) is 2.93. The molecule has 0 heterocycles. The standard InChI is InChI=1S/C13H18N2O3/c1-3-10(14)11(16)15-13(2,12(17)18)9-7-5-4-6-8-9/h4-8,10H,3,14H2,1-2H3,(H,15,16)(H,17,18)/t10-,13?/m0/s1. The highest BCUT2D eigenvalue weighted by atomic mass is 16.4. The van der Waals surface area contributed by atoms with Crippen LogP contribution in [0.5, 0.6) is 0 Å². The van der Waals surface area contributed by atoms with E-state index >= 15 is 0 Å². The molecule has 1 rings (SSSR count). The van der Waals surface area contributed by atoms with Gasteiger partial charge in [0, 0.05) is 0 Å². The fourth-order valence-corrected chi connectivity index (χ4v) is 1.55. The van der Waals surface area contributed by atoms with Crippen molar-refractivity contribution >= 4 is 11.9 Å². The molecule has 0 bridgehead atoms. The van der Waals surface area contributed by atoms with Crippen molar-refractivity contribution in [2.24, 2.45) is 5.73 Å². The van der Waals surface area contributed by atoms with Crippen LogP contribution in [0, 0.1) is 0 Å². The predicted octanol–water partition coefficient (Wildman–Crippen LogP) is 0.840. The molecule has 0 spiro atoms. The molecule has 0 fully saturated rings. The Labute approximate surface area is 106 Å². The highest BCUT2D eigenvalue weighted by molar-refractivity contribution is 5.90. The second-order valence-electron chi connectivity index (χ2n) is 4.30. The van der Waals surface area contributed by atoms with E-state index in [9.17, 15) is 14.7 Å². The maximum Gasteiger partial charge on any atom is 0.333 e. The summed E-state index contributed by atoms with van der Waals surface area (Å²) in [4.78, 5) is 23.2. The van der Waals surface area contributed by atoms with Gasteiger partial charge in [0.25, 0.3) is 0 Å². The zero-order chi connectivity index (χ0) is 13.8. The number of hydrogen-bond acceptors (Lipinski definition) is 3. The molecule has 4 N–H and O–H groups in total. The molecule has 0 aliphatic rings. The van der Waals surface area contributed by atoms with Crippen molar-refractivity contribution in [3.8, 4) is 0 Å². The first-order valence-corrected chi connectivity index (χ1v) is 5.78. The number of carbonyl (C=O) groups excluding carboxylic acids is 1. The van der Waals surface area contributed by atoms with Gasteiger partial charge >= 0.3 is 5.97 Å². The molecule has 0 saturated heterocycles. The first-order valence-electron chi connectivity index (χ1n) is 5.78. The zero-order valence-electron chi connectivity index (χ0n) is 10.5. The minimum absolute atomic E-state index is 0.455. The normalized spacial score (nSPS) is 15.5. The number of aliphatic carboxylic acids is 1. The summed E-state index contributed by atoms with van der Waals surface area (Å²) in [5, 5.41) is 11.8. The first-order chi connectivity index (χ1) is 8.41. The predicted molar refractivity (Wildman–Crippen MR) is 67.8 cm³/mol. The van der Waals surface area contributed by atoms with Crippen LogP contribution < -0.4 is 11.1 Å². The summed E-state index contributed by atoms with van der Waals surface area (Å²) in [5.41, 5.74) is 4.64. The number of nitrogens with one attached hydrogen (secondary N) is 1. The van der Waals surface area contributed by atoms with Crippen molar-refractivity contribution in [1.29, 1.82) is 0 Å². The van der Waals surface area contributed by atoms with Crippen molar-refractivity contribution < 1.29 is 14.7 Å². The Balaban J connectivity index is 3.03. The van der Waals surface area contributed by atoms with Gasteiger partial charge in [0.2, 0.25) is 5.91 Å². The Bertz CT molecular complexity index is 433. The lowest BCUT2D eigenvalue weighted by Crippen LogP contribution is -2.54. The number of rotatable bonds is 5. The number of benzene rings is 1. The first kappa shape index (κ1) is 14.2. The van der Waals surface area contributed by atoms with E-state index in [1.54, 1.807) is 37.3 Å². The van der Waals surface area contributed by atoms with Gasteiger partial charge in [-0.3, -0.25) is 4.79 Å². The van der Waals surface area contributed by atoms with E-state index in [4.69, 9.17) is 5.73 Å². The van der Waals surface area contributed by atoms with Crippen LogP contribution in [0.2, 0.25) is 0 Å². The van der Waals surface area contributed by atoms with E-state index in [0.29, 0.717) is 12.0 Å². The molecule has 5 heteroatoms. The van der Waals surface area contributed by atoms with Gasteiger partial charge in [-0.15, -0.1) is 0 Å². The molecule has 1 aromatic rings. The van der Waals surface area contributed by atoms with Gasteiger partial charge in [-0.1, -0.05) is 37.3 Å². The van der Waals surface area contributed by atoms with Crippen molar-refractivity contribution in [2.45, 2.75) is 31.8 Å². The number of carboxylic acid groups (broad SMARTS) is 1. The summed E-state index contributed by atoms with van der Waals surface area (Å²) in [6, 6.07) is 7.85. The van der Waals surface area contributed by atoms with E-state index in [1.807, 2.05) is 0 Å². The van der Waals surface area contributed by atoms with E-state index in [1.165, 1.54) is 6.92 Å². The average molecular weight is 250 g/mol. The topological polar surface area (TPSA) is 92.4 Å². The van der Waals surface area contributed by atoms with Crippen molar-refractivity contribution in [3.05, 3.63) is 35.9 Å². The monoisotopic (exact) mass is 250 g/mol. The second-order valence-corrected chi connectivity index (χ2v) is 4.30. The summed E-state index contributed by atoms with van der Waals surface area (Å²) in [5.74, 6) is -1.59. The van der Waals surface area contributed by atoms with E-state index in [-0.39, 0.29) is 0 Å². The lowest BCUT2D eigenvalue weighted by molar-refractivity contribution is -0.147. The van der Waals surface area contributed by atoms with Crippen LogP contribution in [0.3, 0.4) is 0 Å². The van der Waals surface area contributed by atoms with Crippen LogP contribution in [-0.2, 0) is 15.1 Å². The molecule has 0 aromatic heterocycles. The number of amides is 1. The molecule has 2 atom stereocenters. The Hall–Kier alpha value is -1.88. The number of nitrogens with two attached hydrogens (primary N) is 1. The van der Waals surface area contributed by atoms with E-state index in [2.05, 4.69) is 5.32 Å². The molecule has 0 aliphatic carbocycles. The molecule has 98 valence electrons. The highest BCUT2D eigenvalue weighted by Gasteiger charge is 2.37. The fraction of sp³-hybridized carbons (Fsp3) is 0.385. The van der Waals surface area contributed by atoms with Crippen molar-refractivity contribution in [1.82, 2.24) is 5.32 Å². The SMILES string of the molecule is CC[C@H](N)C(=O)NC(C)(C(=O)O)c1ccccc1. The summed E-state index contributed by atoms with van der Waals surface area (Å²) in [6.45, 7) is 3.22. The lowest BCUT2D eigenvalue weighted by atomic mass is 9.91. The summed E-state index contributed by atoms with van der Waals surface area (Å²) in [6.07, 6.45) is 0.455. The fourth-order valence-electron chi connectivity index (χ4n) is 1.55. The van der Waals surface area contributed by atoms with Crippen molar-refractivity contribution in [2.75, 3.05) is 0 Å². The smallest absolute Gasteiger partial charge is 0.333 e. The van der Waals surface area contributed by atoms with Gasteiger partial charge in [-0.2, -0.15) is 0 Å². The summed E-state index contributed by atoms with van der Waals surface area (Å²) in [7, 11) is 0. The summed E-state index contributed by atoms with van der Waals surface area (Å²) < 4.78 is 0. The molecule has 18 heavy (non-hydrogen) atoms. The Morgan fingerprint density at radius 3 is 2.39 bits per heavy atom. The molecule has 1 aromatic carbocycles. The van der Waals surface area contributed by atoms with Crippen LogP contribution in [-0.4, -0.2) is 23.0 Å². The zero-order valence-corrected chi connectivity index (χ0v) is 10.5. The Morgan fingerprint density at radius 1 is 1.39 bits per heavy atom. The molecule has 0 aliphatic heterocycles. The lowest BCUT2D eigenvalue weighted by Gasteiger charge is -2.28. The quantitative estimate of drug-likeness (QED) is 0.722. The average Bonchev–Trinajstić information content (AvgIpc) is 2.38. The molecular weight excluding hydrogens is 232 g/mol. The summed E-state index contributed by atoms with van der Waals surface area (Å²) >= 11 is 0. The van der Waals surface area contributed by atoms with Gasteiger partial charge in [0.05, 0.1) is 6.04 Å². The Morgan fingerprint density at radius 2 is 1.94 bits per heavy atom.